The lowest BCUT2D eigenvalue weighted by atomic mass is 9.97. The van der Waals surface area contributed by atoms with E-state index in [1.807, 2.05) is 6.92 Å². The van der Waals surface area contributed by atoms with Crippen LogP contribution in [-0.4, -0.2) is 51.8 Å². The zero-order chi connectivity index (χ0) is 13.0. The van der Waals surface area contributed by atoms with Crippen LogP contribution in [-0.2, 0) is 10.8 Å². The molecular formula is C14H28N2OS. The highest BCUT2D eigenvalue weighted by Crippen LogP contribution is 2.35. The first-order chi connectivity index (χ1) is 8.74. The molecule has 106 valence electrons. The van der Waals surface area contributed by atoms with Crippen LogP contribution in [0.3, 0.4) is 0 Å². The fourth-order valence-corrected chi connectivity index (χ4v) is 4.21. The second-order valence-corrected chi connectivity index (χ2v) is 7.54. The van der Waals surface area contributed by atoms with Gasteiger partial charge >= 0.3 is 0 Å². The predicted octanol–water partition coefficient (Wildman–Crippen LogP) is 1.75. The Morgan fingerprint density at radius 1 is 1.22 bits per heavy atom. The summed E-state index contributed by atoms with van der Waals surface area (Å²) in [5.41, 5.74) is 0. The van der Waals surface area contributed by atoms with Gasteiger partial charge in [-0.2, -0.15) is 0 Å². The van der Waals surface area contributed by atoms with Crippen LogP contribution >= 0.6 is 0 Å². The van der Waals surface area contributed by atoms with E-state index in [-0.39, 0.29) is 0 Å². The van der Waals surface area contributed by atoms with E-state index in [1.54, 1.807) is 0 Å². The molecular weight excluding hydrogens is 244 g/mol. The molecule has 1 N–H and O–H groups in total. The van der Waals surface area contributed by atoms with Crippen LogP contribution in [0.25, 0.3) is 0 Å². The zero-order valence-electron chi connectivity index (χ0n) is 11.9. The van der Waals surface area contributed by atoms with Crippen LogP contribution in [0.15, 0.2) is 0 Å². The summed E-state index contributed by atoms with van der Waals surface area (Å²) in [5, 5.41) is 3.68. The van der Waals surface area contributed by atoms with E-state index < -0.39 is 10.8 Å². The van der Waals surface area contributed by atoms with E-state index in [1.165, 1.54) is 32.1 Å². The molecule has 2 bridgehead atoms. The number of nitrogens with zero attached hydrogens (tertiary/aromatic N) is 1. The predicted molar refractivity (Wildman–Crippen MR) is 78.4 cm³/mol. The molecule has 2 heterocycles. The molecule has 0 amide bonds. The van der Waals surface area contributed by atoms with Crippen molar-refractivity contribution in [2.24, 2.45) is 0 Å². The summed E-state index contributed by atoms with van der Waals surface area (Å²) in [6.45, 7) is 6.46. The lowest BCUT2D eigenvalue weighted by molar-refractivity contribution is 0.125. The van der Waals surface area contributed by atoms with Gasteiger partial charge in [-0.25, -0.2) is 0 Å². The SMILES string of the molecule is CCCNC1CC2CCC(C1)N2CCS(=O)CC. The van der Waals surface area contributed by atoms with Crippen molar-refractivity contribution >= 4 is 10.8 Å². The van der Waals surface area contributed by atoms with Gasteiger partial charge in [0.1, 0.15) is 0 Å². The highest BCUT2D eigenvalue weighted by Gasteiger charge is 2.39. The third-order valence-electron chi connectivity index (χ3n) is 4.47. The van der Waals surface area contributed by atoms with Crippen molar-refractivity contribution < 1.29 is 4.21 Å². The Morgan fingerprint density at radius 2 is 1.89 bits per heavy atom. The number of fused-ring (bicyclic) bond motifs is 2. The Bertz CT molecular complexity index is 271. The summed E-state index contributed by atoms with van der Waals surface area (Å²) in [6.07, 6.45) is 6.54. The summed E-state index contributed by atoms with van der Waals surface area (Å²) in [6, 6.07) is 2.24. The van der Waals surface area contributed by atoms with Crippen molar-refractivity contribution in [1.29, 1.82) is 0 Å². The van der Waals surface area contributed by atoms with Crippen molar-refractivity contribution in [1.82, 2.24) is 10.2 Å². The van der Waals surface area contributed by atoms with Gasteiger partial charge in [0.15, 0.2) is 0 Å². The fourth-order valence-electron chi connectivity index (χ4n) is 3.51. The highest BCUT2D eigenvalue weighted by atomic mass is 32.2. The molecule has 3 nitrogen and oxygen atoms in total. The van der Waals surface area contributed by atoms with Crippen molar-refractivity contribution in [2.45, 2.75) is 64.1 Å². The minimum atomic E-state index is -0.602. The number of hydrogen-bond donors (Lipinski definition) is 1. The second kappa shape index (κ2) is 7.01. The quantitative estimate of drug-likeness (QED) is 0.766. The standard InChI is InChI=1S/C14H28N2OS/c1-3-7-15-12-10-13-5-6-14(11-12)16(13)8-9-18(17)4-2/h12-15H,3-11H2,1-2H3. The van der Waals surface area contributed by atoms with E-state index in [4.69, 9.17) is 0 Å². The topological polar surface area (TPSA) is 32.3 Å². The molecule has 0 aromatic rings. The summed E-state index contributed by atoms with van der Waals surface area (Å²) in [7, 11) is -0.602. The normalized spacial score (nSPS) is 33.8. The molecule has 0 saturated carbocycles. The molecule has 0 aromatic carbocycles. The summed E-state index contributed by atoms with van der Waals surface area (Å²) < 4.78 is 11.6. The maximum Gasteiger partial charge on any atom is 0.0362 e. The largest absolute Gasteiger partial charge is 0.314 e. The summed E-state index contributed by atoms with van der Waals surface area (Å²) >= 11 is 0. The molecule has 2 aliphatic rings. The number of piperidine rings is 1. The maximum absolute atomic E-state index is 11.6. The Balaban J connectivity index is 1.80. The Kier molecular flexibility index (Phi) is 5.64. The van der Waals surface area contributed by atoms with Gasteiger partial charge in [-0.05, 0) is 38.6 Å². The van der Waals surface area contributed by atoms with E-state index in [2.05, 4.69) is 17.1 Å². The van der Waals surface area contributed by atoms with Gasteiger partial charge in [-0.3, -0.25) is 9.11 Å². The van der Waals surface area contributed by atoms with Crippen LogP contribution in [0.5, 0.6) is 0 Å². The number of nitrogens with one attached hydrogen (secondary N) is 1. The molecule has 4 heteroatoms. The molecule has 18 heavy (non-hydrogen) atoms. The molecule has 3 unspecified atom stereocenters. The second-order valence-electron chi connectivity index (χ2n) is 5.68. The highest BCUT2D eigenvalue weighted by molar-refractivity contribution is 7.84. The first-order valence-electron chi connectivity index (χ1n) is 7.58. The van der Waals surface area contributed by atoms with Gasteiger partial charge in [-0.15, -0.1) is 0 Å². The van der Waals surface area contributed by atoms with E-state index in [0.29, 0.717) is 0 Å². The van der Waals surface area contributed by atoms with Gasteiger partial charge < -0.3 is 5.32 Å². The van der Waals surface area contributed by atoms with Crippen molar-refractivity contribution in [3.05, 3.63) is 0 Å². The van der Waals surface area contributed by atoms with Crippen molar-refractivity contribution in [2.75, 3.05) is 24.6 Å². The van der Waals surface area contributed by atoms with Gasteiger partial charge in [0.25, 0.3) is 0 Å². The van der Waals surface area contributed by atoms with Crippen molar-refractivity contribution in [3.63, 3.8) is 0 Å². The lowest BCUT2D eigenvalue weighted by Crippen LogP contribution is -2.50. The first kappa shape index (κ1) is 14.5. The minimum absolute atomic E-state index is 0.602. The van der Waals surface area contributed by atoms with E-state index in [0.717, 1.165) is 42.7 Å². The average Bonchev–Trinajstić information content (AvgIpc) is 2.63. The zero-order valence-corrected chi connectivity index (χ0v) is 12.7. The molecule has 2 saturated heterocycles. The van der Waals surface area contributed by atoms with Gasteiger partial charge in [0, 0.05) is 47.0 Å². The smallest absolute Gasteiger partial charge is 0.0362 e. The van der Waals surface area contributed by atoms with Crippen LogP contribution in [0.2, 0.25) is 0 Å². The van der Waals surface area contributed by atoms with E-state index in [9.17, 15) is 4.21 Å². The maximum atomic E-state index is 11.6. The molecule has 2 fully saturated rings. The Morgan fingerprint density at radius 3 is 2.44 bits per heavy atom. The number of hydrogen-bond acceptors (Lipinski definition) is 3. The Hall–Kier alpha value is 0.0700. The summed E-state index contributed by atoms with van der Waals surface area (Å²) in [4.78, 5) is 2.65. The van der Waals surface area contributed by atoms with Gasteiger partial charge in [-0.1, -0.05) is 13.8 Å². The molecule has 0 spiro atoms. The van der Waals surface area contributed by atoms with Crippen LogP contribution in [0.4, 0.5) is 0 Å². The fraction of sp³-hybridized carbons (Fsp3) is 1.00. The molecule has 0 aromatic heterocycles. The van der Waals surface area contributed by atoms with Crippen LogP contribution < -0.4 is 5.32 Å². The third-order valence-corrected chi connectivity index (χ3v) is 5.75. The molecule has 0 aliphatic carbocycles. The molecule has 2 rings (SSSR count). The lowest BCUT2D eigenvalue weighted by Gasteiger charge is -2.39. The molecule has 3 atom stereocenters. The van der Waals surface area contributed by atoms with Crippen LogP contribution in [0.1, 0.15) is 46.0 Å². The van der Waals surface area contributed by atoms with Gasteiger partial charge in [0.05, 0.1) is 0 Å². The average molecular weight is 272 g/mol. The van der Waals surface area contributed by atoms with Crippen molar-refractivity contribution in [3.8, 4) is 0 Å². The van der Waals surface area contributed by atoms with E-state index >= 15 is 0 Å². The monoisotopic (exact) mass is 272 g/mol. The van der Waals surface area contributed by atoms with Gasteiger partial charge in [0.2, 0.25) is 0 Å². The first-order valence-corrected chi connectivity index (χ1v) is 9.07. The minimum Gasteiger partial charge on any atom is -0.314 e. The molecule has 0 radical (unpaired) electrons. The molecule has 2 aliphatic heterocycles. The summed E-state index contributed by atoms with van der Waals surface area (Å²) in [5.74, 6) is 1.68. The Labute approximate surface area is 114 Å². The number of rotatable bonds is 7. The third kappa shape index (κ3) is 3.55. The van der Waals surface area contributed by atoms with Crippen LogP contribution in [0, 0.1) is 0 Å².